The zero-order chi connectivity index (χ0) is 12.4. The van der Waals surface area contributed by atoms with E-state index in [9.17, 15) is 4.79 Å². The Bertz CT molecular complexity index is 449. The van der Waals surface area contributed by atoms with Crippen LogP contribution in [-0.4, -0.2) is 26.9 Å². The van der Waals surface area contributed by atoms with Gasteiger partial charge in [0.2, 0.25) is 0 Å². The van der Waals surface area contributed by atoms with Gasteiger partial charge in [0.25, 0.3) is 0 Å². The molecule has 1 aliphatic heterocycles. The summed E-state index contributed by atoms with van der Waals surface area (Å²) in [5.74, 6) is 1.25. The van der Waals surface area contributed by atoms with Crippen LogP contribution < -0.4 is 14.8 Å². The largest absolute Gasteiger partial charge is 0.493 e. The number of carbonyl (C=O) groups is 1. The van der Waals surface area contributed by atoms with Crippen LogP contribution in [0.5, 0.6) is 11.5 Å². The van der Waals surface area contributed by atoms with Crippen molar-refractivity contribution in [2.45, 2.75) is 6.04 Å². The van der Waals surface area contributed by atoms with Crippen LogP contribution in [0.2, 0.25) is 0 Å². The first kappa shape index (κ1) is 12.0. The van der Waals surface area contributed by atoms with Gasteiger partial charge in [0.1, 0.15) is 6.61 Å². The van der Waals surface area contributed by atoms with Crippen molar-refractivity contribution < 1.29 is 19.0 Å². The first-order valence-electron chi connectivity index (χ1n) is 5.00. The van der Waals surface area contributed by atoms with Crippen molar-refractivity contribution in [3.63, 3.8) is 0 Å². The SMILES string of the molecule is COc1cc(Br)c([C@@H]2COC(=O)N2)cc1OC. The van der Waals surface area contributed by atoms with Crippen LogP contribution >= 0.6 is 15.9 Å². The summed E-state index contributed by atoms with van der Waals surface area (Å²) < 4.78 is 16.1. The lowest BCUT2D eigenvalue weighted by Gasteiger charge is -2.14. The molecule has 6 heteroatoms. The lowest BCUT2D eigenvalue weighted by Crippen LogP contribution is -2.18. The summed E-state index contributed by atoms with van der Waals surface area (Å²) in [4.78, 5) is 11.0. The zero-order valence-corrected chi connectivity index (χ0v) is 11.0. The van der Waals surface area contributed by atoms with Gasteiger partial charge < -0.3 is 19.5 Å². The number of benzene rings is 1. The minimum Gasteiger partial charge on any atom is -0.493 e. The number of hydrogen-bond donors (Lipinski definition) is 1. The van der Waals surface area contributed by atoms with E-state index in [4.69, 9.17) is 14.2 Å². The van der Waals surface area contributed by atoms with E-state index in [0.29, 0.717) is 18.1 Å². The van der Waals surface area contributed by atoms with Gasteiger partial charge in [-0.05, 0) is 17.7 Å². The average Bonchev–Trinajstić information content (AvgIpc) is 2.75. The van der Waals surface area contributed by atoms with Gasteiger partial charge in [-0.15, -0.1) is 0 Å². The van der Waals surface area contributed by atoms with Crippen LogP contribution in [0.3, 0.4) is 0 Å². The Labute approximate surface area is 107 Å². The van der Waals surface area contributed by atoms with Gasteiger partial charge in [-0.1, -0.05) is 15.9 Å². The van der Waals surface area contributed by atoms with E-state index in [2.05, 4.69) is 21.2 Å². The molecule has 92 valence electrons. The molecule has 1 amide bonds. The lowest BCUT2D eigenvalue weighted by molar-refractivity contribution is 0.177. The molecule has 1 heterocycles. The van der Waals surface area contributed by atoms with E-state index in [1.165, 1.54) is 0 Å². The summed E-state index contributed by atoms with van der Waals surface area (Å²) in [6.07, 6.45) is -0.406. The molecule has 1 aromatic rings. The summed E-state index contributed by atoms with van der Waals surface area (Å²) in [7, 11) is 3.14. The molecule has 1 aliphatic rings. The lowest BCUT2D eigenvalue weighted by atomic mass is 10.1. The van der Waals surface area contributed by atoms with Crippen LogP contribution in [0, 0.1) is 0 Å². The number of amides is 1. The number of methoxy groups -OCH3 is 2. The highest BCUT2D eigenvalue weighted by Crippen LogP contribution is 2.36. The second-order valence-corrected chi connectivity index (χ2v) is 4.38. The van der Waals surface area contributed by atoms with E-state index in [1.807, 2.05) is 6.07 Å². The molecule has 0 spiro atoms. The molecule has 5 nitrogen and oxygen atoms in total. The molecule has 0 radical (unpaired) electrons. The Morgan fingerprint density at radius 1 is 1.35 bits per heavy atom. The molecule has 17 heavy (non-hydrogen) atoms. The van der Waals surface area contributed by atoms with E-state index in [1.54, 1.807) is 20.3 Å². The van der Waals surface area contributed by atoms with Gasteiger partial charge >= 0.3 is 6.09 Å². The maximum atomic E-state index is 11.0. The highest BCUT2D eigenvalue weighted by atomic mass is 79.9. The first-order valence-corrected chi connectivity index (χ1v) is 5.79. The third-order valence-electron chi connectivity index (χ3n) is 2.55. The van der Waals surface area contributed by atoms with Crippen LogP contribution in [0.1, 0.15) is 11.6 Å². The molecule has 0 aliphatic carbocycles. The van der Waals surface area contributed by atoms with Gasteiger partial charge in [-0.25, -0.2) is 4.79 Å². The molecule has 0 unspecified atom stereocenters. The molecule has 0 saturated carbocycles. The third kappa shape index (κ3) is 2.31. The Morgan fingerprint density at radius 2 is 2.00 bits per heavy atom. The van der Waals surface area contributed by atoms with Crippen LogP contribution in [0.15, 0.2) is 16.6 Å². The van der Waals surface area contributed by atoms with Gasteiger partial charge in [-0.3, -0.25) is 0 Å². The molecule has 1 saturated heterocycles. The predicted molar refractivity (Wildman–Crippen MR) is 64.5 cm³/mol. The number of halogens is 1. The summed E-state index contributed by atoms with van der Waals surface area (Å²) in [6, 6.07) is 3.46. The van der Waals surface area contributed by atoms with Crippen molar-refractivity contribution in [2.75, 3.05) is 20.8 Å². The summed E-state index contributed by atoms with van der Waals surface area (Å²) in [5.41, 5.74) is 0.897. The maximum absolute atomic E-state index is 11.0. The van der Waals surface area contributed by atoms with Crippen molar-refractivity contribution in [2.24, 2.45) is 0 Å². The molecule has 1 atom stereocenters. The predicted octanol–water partition coefficient (Wildman–Crippen LogP) is 2.25. The number of carbonyl (C=O) groups excluding carboxylic acids is 1. The number of cyclic esters (lactones) is 1. The van der Waals surface area contributed by atoms with Crippen molar-refractivity contribution in [3.8, 4) is 11.5 Å². The van der Waals surface area contributed by atoms with Gasteiger partial charge in [0.05, 0.1) is 20.3 Å². The number of rotatable bonds is 3. The fraction of sp³-hybridized carbons (Fsp3) is 0.364. The van der Waals surface area contributed by atoms with Crippen molar-refractivity contribution in [3.05, 3.63) is 22.2 Å². The fourth-order valence-corrected chi connectivity index (χ4v) is 2.29. The summed E-state index contributed by atoms with van der Waals surface area (Å²) in [5, 5.41) is 2.71. The molecule has 1 N–H and O–H groups in total. The smallest absolute Gasteiger partial charge is 0.407 e. The van der Waals surface area contributed by atoms with Crippen molar-refractivity contribution in [1.82, 2.24) is 5.32 Å². The Morgan fingerprint density at radius 3 is 2.53 bits per heavy atom. The van der Waals surface area contributed by atoms with Crippen molar-refractivity contribution in [1.29, 1.82) is 0 Å². The minimum atomic E-state index is -0.406. The Kier molecular flexibility index (Phi) is 3.42. The van der Waals surface area contributed by atoms with E-state index >= 15 is 0 Å². The van der Waals surface area contributed by atoms with Gasteiger partial charge in [0, 0.05) is 4.47 Å². The molecule has 0 aromatic heterocycles. The zero-order valence-electron chi connectivity index (χ0n) is 9.45. The fourth-order valence-electron chi connectivity index (χ4n) is 1.69. The summed E-state index contributed by atoms with van der Waals surface area (Å²) in [6.45, 7) is 0.312. The monoisotopic (exact) mass is 301 g/mol. The van der Waals surface area contributed by atoms with Crippen LogP contribution in [0.25, 0.3) is 0 Å². The second kappa shape index (κ2) is 4.83. The Balaban J connectivity index is 2.37. The van der Waals surface area contributed by atoms with Crippen molar-refractivity contribution >= 4 is 22.0 Å². The molecular weight excluding hydrogens is 290 g/mol. The standard InChI is InChI=1S/C11H12BrNO4/c1-15-9-3-6(7(12)4-10(9)16-2)8-5-17-11(14)13-8/h3-4,8H,5H2,1-2H3,(H,13,14)/t8-/m0/s1. The number of nitrogens with one attached hydrogen (secondary N) is 1. The van der Waals surface area contributed by atoms with E-state index in [-0.39, 0.29) is 6.04 Å². The molecule has 1 fully saturated rings. The first-order chi connectivity index (χ1) is 8.15. The highest BCUT2D eigenvalue weighted by Gasteiger charge is 2.26. The third-order valence-corrected chi connectivity index (χ3v) is 3.24. The average molecular weight is 302 g/mol. The number of hydrogen-bond acceptors (Lipinski definition) is 4. The normalized spacial score (nSPS) is 18.5. The van der Waals surface area contributed by atoms with E-state index < -0.39 is 6.09 Å². The Hall–Kier alpha value is -1.43. The van der Waals surface area contributed by atoms with Crippen LogP contribution in [-0.2, 0) is 4.74 Å². The maximum Gasteiger partial charge on any atom is 0.407 e. The molecule has 2 rings (SSSR count). The van der Waals surface area contributed by atoms with E-state index in [0.717, 1.165) is 10.0 Å². The van der Waals surface area contributed by atoms with Crippen LogP contribution in [0.4, 0.5) is 4.79 Å². The summed E-state index contributed by atoms with van der Waals surface area (Å²) >= 11 is 3.44. The molecular formula is C11H12BrNO4. The molecule has 0 bridgehead atoms. The number of ether oxygens (including phenoxy) is 3. The topological polar surface area (TPSA) is 56.8 Å². The quantitative estimate of drug-likeness (QED) is 0.930. The van der Waals surface area contributed by atoms with Gasteiger partial charge in [0.15, 0.2) is 11.5 Å². The highest BCUT2D eigenvalue weighted by molar-refractivity contribution is 9.10. The van der Waals surface area contributed by atoms with Gasteiger partial charge in [-0.2, -0.15) is 0 Å². The minimum absolute atomic E-state index is 0.170. The number of alkyl carbamates (subject to hydrolysis) is 1. The molecule has 1 aromatic carbocycles. The second-order valence-electron chi connectivity index (χ2n) is 3.52.